The number of alkyl halides is 2. The van der Waals surface area contributed by atoms with Crippen molar-refractivity contribution in [2.24, 2.45) is 5.92 Å². The number of amides is 1. The number of hydrogen-bond donors (Lipinski definition) is 1. The smallest absolute Gasteiger partial charge is 0.394 e. The zero-order valence-corrected chi connectivity index (χ0v) is 21.0. The molecular weight excluding hydrogens is 482 g/mol. The molecule has 3 aromatic heterocycles. The number of rotatable bonds is 3. The fraction of sp³-hybridized carbons (Fsp3) is 0.385. The van der Waals surface area contributed by atoms with E-state index in [4.69, 9.17) is 15.2 Å². The molecule has 0 unspecified atom stereocenters. The molecule has 0 saturated carbocycles. The Kier molecular flexibility index (Phi) is 6.09. The number of hydrogen-bond acceptors (Lipinski definition) is 7. The van der Waals surface area contributed by atoms with Crippen molar-refractivity contribution in [1.82, 2.24) is 24.3 Å². The Morgan fingerprint density at radius 1 is 1.22 bits per heavy atom. The predicted molar refractivity (Wildman–Crippen MR) is 134 cm³/mol. The molecule has 2 N–H and O–H groups in total. The number of imidazole rings is 1. The van der Waals surface area contributed by atoms with E-state index in [1.165, 1.54) is 18.3 Å². The number of pyridine rings is 1. The number of likely N-dealkylation sites (tertiary alicyclic amines) is 1. The first kappa shape index (κ1) is 24.7. The summed E-state index contributed by atoms with van der Waals surface area (Å²) in [6.45, 7) is 7.25. The van der Waals surface area contributed by atoms with E-state index in [0.29, 0.717) is 41.6 Å². The molecule has 1 amide bonds. The van der Waals surface area contributed by atoms with Crippen LogP contribution in [0.3, 0.4) is 0 Å². The number of halogens is 2. The van der Waals surface area contributed by atoms with Crippen LogP contribution in [0, 0.1) is 5.92 Å². The maximum atomic E-state index is 13.7. The van der Waals surface area contributed by atoms with Crippen LogP contribution in [0.2, 0.25) is 0 Å². The van der Waals surface area contributed by atoms with E-state index in [1.807, 2.05) is 13.8 Å². The minimum absolute atomic E-state index is 0.00717. The summed E-state index contributed by atoms with van der Waals surface area (Å²) in [6.07, 6.45) is 1.87. The van der Waals surface area contributed by atoms with E-state index >= 15 is 0 Å². The molecule has 11 heteroatoms. The molecule has 1 aromatic carbocycles. The maximum Gasteiger partial charge on any atom is 0.394 e. The summed E-state index contributed by atoms with van der Waals surface area (Å²) in [6, 6.07) is 5.94. The monoisotopic (exact) mass is 510 g/mol. The number of carbonyl (C=O) groups is 1. The average Bonchev–Trinajstić information content (AvgIpc) is 3.50. The summed E-state index contributed by atoms with van der Waals surface area (Å²) < 4.78 is 39.3. The Labute approximate surface area is 212 Å². The number of aromatic nitrogens is 4. The van der Waals surface area contributed by atoms with Crippen molar-refractivity contribution in [1.29, 1.82) is 0 Å². The maximum absolute atomic E-state index is 13.7. The number of nitrogens with two attached hydrogens (primary N) is 1. The molecule has 1 saturated heterocycles. The third-order valence-corrected chi connectivity index (χ3v) is 6.64. The second-order valence-electron chi connectivity index (χ2n) is 9.11. The molecule has 0 radical (unpaired) electrons. The summed E-state index contributed by atoms with van der Waals surface area (Å²) in [5.41, 5.74) is 8.87. The average molecular weight is 511 g/mol. The van der Waals surface area contributed by atoms with Gasteiger partial charge in [0.2, 0.25) is 0 Å². The van der Waals surface area contributed by atoms with Gasteiger partial charge in [-0.25, -0.2) is 15.0 Å². The number of benzene rings is 1. The van der Waals surface area contributed by atoms with Crippen LogP contribution >= 0.6 is 0 Å². The van der Waals surface area contributed by atoms with Crippen molar-refractivity contribution in [3.63, 3.8) is 0 Å². The van der Waals surface area contributed by atoms with Crippen LogP contribution in [0.1, 0.15) is 56.2 Å². The van der Waals surface area contributed by atoms with E-state index in [1.54, 1.807) is 34.0 Å². The second kappa shape index (κ2) is 9.13. The highest BCUT2D eigenvalue weighted by Crippen LogP contribution is 2.48. The van der Waals surface area contributed by atoms with Crippen molar-refractivity contribution in [2.45, 2.75) is 52.4 Å². The van der Waals surface area contributed by atoms with Gasteiger partial charge in [0.25, 0.3) is 5.91 Å². The van der Waals surface area contributed by atoms with E-state index in [0.717, 1.165) is 12.0 Å². The van der Waals surface area contributed by atoms with Gasteiger partial charge in [0.15, 0.2) is 0 Å². The van der Waals surface area contributed by atoms with E-state index in [9.17, 15) is 13.6 Å². The Bertz CT molecular complexity index is 1480. The molecule has 2 aliphatic rings. The number of ether oxygens (including phenoxy) is 2. The van der Waals surface area contributed by atoms with Crippen LogP contribution in [0.25, 0.3) is 16.6 Å². The summed E-state index contributed by atoms with van der Waals surface area (Å²) in [7, 11) is 0. The first-order chi connectivity index (χ1) is 17.7. The lowest BCUT2D eigenvalue weighted by Crippen LogP contribution is -2.48. The highest BCUT2D eigenvalue weighted by molar-refractivity contribution is 5.96. The minimum Gasteiger partial charge on any atom is -0.487 e. The second-order valence-corrected chi connectivity index (χ2v) is 9.11. The standard InChI is InChI=1S/C24H22F2N6O3.C2H6/c1-12-5-6-31(20-14-4-3-13(35-24(2,25)26)7-19(14)34-21(12)20)23(33)15-8-17-16(9-29-15)30-22(27)18-10-28-11-32(17)18;1-2/h3-4,7-12,20-21H,5-6H2,1-2H3,(H2,27,30);1-2H3/t12-,20+,21+;/m1./s1. The van der Waals surface area contributed by atoms with E-state index in [-0.39, 0.29) is 35.4 Å². The van der Waals surface area contributed by atoms with Crippen LogP contribution < -0.4 is 15.2 Å². The molecule has 194 valence electrons. The van der Waals surface area contributed by atoms with Gasteiger partial charge in [0, 0.05) is 25.1 Å². The largest absolute Gasteiger partial charge is 0.487 e. The van der Waals surface area contributed by atoms with Crippen LogP contribution in [0.5, 0.6) is 11.5 Å². The van der Waals surface area contributed by atoms with Gasteiger partial charge in [-0.15, -0.1) is 0 Å². The van der Waals surface area contributed by atoms with Gasteiger partial charge < -0.3 is 20.1 Å². The summed E-state index contributed by atoms with van der Waals surface area (Å²) in [5.74, 6) is 0.687. The quantitative estimate of drug-likeness (QED) is 0.419. The van der Waals surface area contributed by atoms with E-state index in [2.05, 4.69) is 21.9 Å². The number of nitrogen functional groups attached to an aromatic ring is 1. The van der Waals surface area contributed by atoms with Gasteiger partial charge in [-0.1, -0.05) is 20.8 Å². The Morgan fingerprint density at radius 3 is 2.76 bits per heavy atom. The molecule has 0 spiro atoms. The van der Waals surface area contributed by atoms with Gasteiger partial charge in [-0.3, -0.25) is 9.20 Å². The Morgan fingerprint density at radius 2 is 2.00 bits per heavy atom. The topological polar surface area (TPSA) is 108 Å². The highest BCUT2D eigenvalue weighted by atomic mass is 19.3. The van der Waals surface area contributed by atoms with Crippen LogP contribution in [-0.2, 0) is 0 Å². The molecule has 0 bridgehead atoms. The van der Waals surface area contributed by atoms with Gasteiger partial charge in [-0.05, 0) is 30.5 Å². The minimum atomic E-state index is -3.31. The van der Waals surface area contributed by atoms with E-state index < -0.39 is 6.11 Å². The first-order valence-electron chi connectivity index (χ1n) is 12.3. The molecule has 4 aromatic rings. The van der Waals surface area contributed by atoms with Crippen LogP contribution in [0.4, 0.5) is 14.6 Å². The zero-order valence-electron chi connectivity index (χ0n) is 21.0. The fourth-order valence-corrected chi connectivity index (χ4v) is 5.01. The van der Waals surface area contributed by atoms with Gasteiger partial charge in [-0.2, -0.15) is 8.78 Å². The molecule has 3 atom stereocenters. The lowest BCUT2D eigenvalue weighted by atomic mass is 9.86. The highest BCUT2D eigenvalue weighted by Gasteiger charge is 2.47. The predicted octanol–water partition coefficient (Wildman–Crippen LogP) is 4.86. The van der Waals surface area contributed by atoms with Crippen molar-refractivity contribution in [3.8, 4) is 11.5 Å². The molecule has 0 aliphatic carbocycles. The number of carbonyl (C=O) groups excluding carboxylic acids is 1. The van der Waals surface area contributed by atoms with Gasteiger partial charge in [0.05, 0.1) is 30.3 Å². The number of fused-ring (bicyclic) bond motifs is 6. The van der Waals surface area contributed by atoms with Crippen molar-refractivity contribution in [2.75, 3.05) is 12.3 Å². The van der Waals surface area contributed by atoms with Crippen LogP contribution in [-0.4, -0.2) is 48.9 Å². The van der Waals surface area contributed by atoms with Crippen molar-refractivity contribution < 1.29 is 23.0 Å². The zero-order chi connectivity index (χ0) is 26.5. The third kappa shape index (κ3) is 4.28. The normalized spacial score (nSPS) is 20.6. The third-order valence-electron chi connectivity index (χ3n) is 6.64. The number of piperidine rings is 1. The summed E-state index contributed by atoms with van der Waals surface area (Å²) in [4.78, 5) is 28.3. The SMILES string of the molecule is CC.C[C@@H]1CCN(C(=O)c2cc3c(cn2)nc(N)c2cncn23)[C@H]2c3ccc(OC(C)(F)F)cc3O[C@@H]12. The molecule has 9 nitrogen and oxygen atoms in total. The lowest BCUT2D eigenvalue weighted by molar-refractivity contribution is -0.159. The molecule has 5 heterocycles. The van der Waals surface area contributed by atoms with Crippen molar-refractivity contribution >= 4 is 28.3 Å². The van der Waals surface area contributed by atoms with Crippen LogP contribution in [0.15, 0.2) is 43.0 Å². The molecule has 1 fully saturated rings. The Hall–Kier alpha value is -4.02. The molecule has 2 aliphatic heterocycles. The summed E-state index contributed by atoms with van der Waals surface area (Å²) >= 11 is 0. The molecular formula is C26H28F2N6O3. The lowest BCUT2D eigenvalue weighted by Gasteiger charge is -2.39. The fourth-order valence-electron chi connectivity index (χ4n) is 5.01. The molecule has 37 heavy (non-hydrogen) atoms. The summed E-state index contributed by atoms with van der Waals surface area (Å²) in [5, 5.41) is 0. The Balaban J connectivity index is 0.00000137. The first-order valence-corrected chi connectivity index (χ1v) is 12.3. The molecule has 6 rings (SSSR count). The van der Waals surface area contributed by atoms with Crippen molar-refractivity contribution in [3.05, 3.63) is 54.2 Å². The number of nitrogens with zero attached hydrogens (tertiary/aromatic N) is 5. The van der Waals surface area contributed by atoms with Gasteiger partial charge in [0.1, 0.15) is 40.1 Å². The number of anilines is 1. The van der Waals surface area contributed by atoms with Gasteiger partial charge >= 0.3 is 6.11 Å².